The lowest BCUT2D eigenvalue weighted by molar-refractivity contribution is -0.355. The van der Waals surface area contributed by atoms with Crippen molar-refractivity contribution in [2.24, 2.45) is 0 Å². The van der Waals surface area contributed by atoms with Gasteiger partial charge in [-0.1, -0.05) is 19.9 Å². The topological polar surface area (TPSA) is 119 Å². The lowest BCUT2D eigenvalue weighted by Crippen LogP contribution is -2.58. The zero-order chi connectivity index (χ0) is 22.4. The molecule has 0 aliphatic carbocycles. The van der Waals surface area contributed by atoms with Crippen molar-refractivity contribution in [3.8, 4) is 0 Å². The summed E-state index contributed by atoms with van der Waals surface area (Å²) in [4.78, 5) is 23.5. The molecule has 0 heterocycles. The van der Waals surface area contributed by atoms with Crippen LogP contribution in [0.5, 0.6) is 0 Å². The Hall–Kier alpha value is -1.80. The van der Waals surface area contributed by atoms with Crippen LogP contribution in [0.3, 0.4) is 0 Å². The van der Waals surface area contributed by atoms with E-state index in [2.05, 4.69) is 20.8 Å². The Balaban J connectivity index is 5.81. The second kappa shape index (κ2) is 9.60. The number of rotatable bonds is 11. The molecule has 28 heavy (non-hydrogen) atoms. The van der Waals surface area contributed by atoms with Crippen LogP contribution in [0.25, 0.3) is 0 Å². The highest BCUT2D eigenvalue weighted by atomic mass is 32.2. The third kappa shape index (κ3) is 6.67. The molecule has 0 aromatic heterocycles. The summed E-state index contributed by atoms with van der Waals surface area (Å²) in [5.41, 5.74) is -0.592. The normalized spacial score (nSPS) is 14.9. The lowest BCUT2D eigenvalue weighted by Gasteiger charge is -2.32. The number of esters is 2. The number of alkyl halides is 5. The number of ether oxygens (including phenoxy) is 3. The first-order chi connectivity index (χ1) is 12.5. The van der Waals surface area contributed by atoms with E-state index in [0.29, 0.717) is 6.42 Å². The van der Waals surface area contributed by atoms with E-state index in [1.165, 1.54) is 0 Å². The van der Waals surface area contributed by atoms with Gasteiger partial charge in [-0.25, -0.2) is 18.0 Å². The molecule has 164 valence electrons. The van der Waals surface area contributed by atoms with Gasteiger partial charge in [0.1, 0.15) is 0 Å². The molecule has 0 saturated carbocycles. The molecular weight excluding hydrogens is 423 g/mol. The Bertz CT molecular complexity index is 688. The number of unbranched alkanes of at least 4 members (excludes halogenated alkanes) is 1. The molecular formula is C14H18F5O8S-. The first-order valence-corrected chi connectivity index (χ1v) is 9.02. The zero-order valence-corrected chi connectivity index (χ0v) is 15.6. The quantitative estimate of drug-likeness (QED) is 0.120. The molecule has 0 amide bonds. The fourth-order valence-corrected chi connectivity index (χ4v) is 1.78. The molecule has 0 bridgehead atoms. The average Bonchev–Trinajstić information content (AvgIpc) is 2.51. The standard InChI is InChI=1S/C14H19F5O8S/c1-4-5-7-25-11(21)13(14(17,18)19,27-10(20)9(2)3)26-8-6-12(15,16)28(22,23)24/h2,4-8H2,1,3H3,(H,22,23,24)/p-1. The van der Waals surface area contributed by atoms with E-state index in [9.17, 15) is 44.5 Å². The molecule has 1 atom stereocenters. The first-order valence-electron chi connectivity index (χ1n) is 7.62. The van der Waals surface area contributed by atoms with Gasteiger partial charge >= 0.3 is 29.2 Å². The van der Waals surface area contributed by atoms with Crippen LogP contribution in [0.4, 0.5) is 22.0 Å². The Morgan fingerprint density at radius 2 is 1.64 bits per heavy atom. The fourth-order valence-electron chi connectivity index (χ4n) is 1.45. The van der Waals surface area contributed by atoms with Crippen LogP contribution in [0.2, 0.25) is 0 Å². The van der Waals surface area contributed by atoms with Gasteiger partial charge in [0.25, 0.3) is 0 Å². The summed E-state index contributed by atoms with van der Waals surface area (Å²) in [6, 6.07) is 0. The van der Waals surface area contributed by atoms with Gasteiger partial charge in [-0.3, -0.25) is 0 Å². The van der Waals surface area contributed by atoms with Gasteiger partial charge in [0.2, 0.25) is 0 Å². The van der Waals surface area contributed by atoms with Crippen molar-refractivity contribution in [2.75, 3.05) is 13.2 Å². The molecule has 0 radical (unpaired) electrons. The Kier molecular flexibility index (Phi) is 8.99. The maximum atomic E-state index is 13.5. The van der Waals surface area contributed by atoms with Gasteiger partial charge in [-0.15, -0.1) is 0 Å². The van der Waals surface area contributed by atoms with Crippen LogP contribution in [0, 0.1) is 0 Å². The third-order valence-electron chi connectivity index (χ3n) is 3.02. The molecule has 0 aliphatic heterocycles. The number of hydrogen-bond acceptors (Lipinski definition) is 8. The second-order valence-corrected chi connectivity index (χ2v) is 6.97. The van der Waals surface area contributed by atoms with E-state index in [4.69, 9.17) is 0 Å². The molecule has 0 aliphatic rings. The molecule has 0 N–H and O–H groups in total. The van der Waals surface area contributed by atoms with Gasteiger partial charge in [-0.05, 0) is 13.3 Å². The number of carbonyl (C=O) groups is 2. The Morgan fingerprint density at radius 3 is 2.04 bits per heavy atom. The molecule has 1 unspecified atom stereocenters. The largest absolute Gasteiger partial charge is 0.743 e. The van der Waals surface area contributed by atoms with Gasteiger partial charge in [0.15, 0.2) is 10.1 Å². The molecule has 0 aromatic rings. The monoisotopic (exact) mass is 441 g/mol. The van der Waals surface area contributed by atoms with Crippen molar-refractivity contribution < 1.29 is 58.7 Å². The van der Waals surface area contributed by atoms with E-state index in [0.717, 1.165) is 6.92 Å². The predicted octanol–water partition coefficient (Wildman–Crippen LogP) is 2.25. The summed E-state index contributed by atoms with van der Waals surface area (Å²) in [6.07, 6.45) is -7.30. The van der Waals surface area contributed by atoms with Crippen LogP contribution in [-0.4, -0.2) is 55.3 Å². The maximum Gasteiger partial charge on any atom is 0.468 e. The van der Waals surface area contributed by atoms with Crippen molar-refractivity contribution in [2.45, 2.75) is 50.3 Å². The summed E-state index contributed by atoms with van der Waals surface area (Å²) in [7, 11) is -6.21. The maximum absolute atomic E-state index is 13.5. The SMILES string of the molecule is C=C(C)C(=O)OC(OCCC(F)(F)S(=O)(=O)[O-])(C(=O)OCCCC)C(F)(F)F. The van der Waals surface area contributed by atoms with E-state index < -0.39 is 64.5 Å². The summed E-state index contributed by atoms with van der Waals surface area (Å²) in [5, 5.41) is -4.99. The zero-order valence-electron chi connectivity index (χ0n) is 14.8. The van der Waals surface area contributed by atoms with Crippen molar-refractivity contribution >= 4 is 22.1 Å². The summed E-state index contributed by atoms with van der Waals surface area (Å²) >= 11 is 0. The van der Waals surface area contributed by atoms with Crippen LogP contribution in [0.15, 0.2) is 12.2 Å². The van der Waals surface area contributed by atoms with Crippen LogP contribution >= 0.6 is 0 Å². The molecule has 8 nitrogen and oxygen atoms in total. The molecule has 14 heteroatoms. The van der Waals surface area contributed by atoms with E-state index in [-0.39, 0.29) is 6.42 Å². The molecule has 0 spiro atoms. The van der Waals surface area contributed by atoms with Gasteiger partial charge < -0.3 is 18.8 Å². The Morgan fingerprint density at radius 1 is 1.11 bits per heavy atom. The van der Waals surface area contributed by atoms with Crippen molar-refractivity contribution in [1.82, 2.24) is 0 Å². The smallest absolute Gasteiger partial charge is 0.468 e. The van der Waals surface area contributed by atoms with Crippen LogP contribution in [-0.2, 0) is 33.9 Å². The number of hydrogen-bond donors (Lipinski definition) is 0. The minimum atomic E-state index is -6.21. The minimum absolute atomic E-state index is 0.126. The van der Waals surface area contributed by atoms with Gasteiger partial charge in [0.05, 0.1) is 13.2 Å². The molecule has 0 saturated heterocycles. The third-order valence-corrected chi connectivity index (χ3v) is 3.96. The lowest BCUT2D eigenvalue weighted by atomic mass is 10.2. The number of carbonyl (C=O) groups excluding carboxylic acids is 2. The van der Waals surface area contributed by atoms with Crippen molar-refractivity contribution in [1.29, 1.82) is 0 Å². The fraction of sp³-hybridized carbons (Fsp3) is 0.714. The highest BCUT2D eigenvalue weighted by Gasteiger charge is 2.68. The minimum Gasteiger partial charge on any atom is -0.743 e. The molecule has 0 fully saturated rings. The molecule has 0 aromatic carbocycles. The average molecular weight is 441 g/mol. The molecule has 0 rings (SSSR count). The van der Waals surface area contributed by atoms with Crippen molar-refractivity contribution in [3.05, 3.63) is 12.2 Å². The van der Waals surface area contributed by atoms with Crippen LogP contribution < -0.4 is 0 Å². The number of halogens is 5. The summed E-state index contributed by atoms with van der Waals surface area (Å²) in [5.74, 6) is -8.48. The van der Waals surface area contributed by atoms with Gasteiger partial charge in [-0.2, -0.15) is 22.0 Å². The van der Waals surface area contributed by atoms with E-state index >= 15 is 0 Å². The summed E-state index contributed by atoms with van der Waals surface area (Å²) < 4.78 is 110. The highest BCUT2D eigenvalue weighted by Crippen LogP contribution is 2.38. The second-order valence-electron chi connectivity index (χ2n) is 5.46. The van der Waals surface area contributed by atoms with Crippen LogP contribution in [0.1, 0.15) is 33.1 Å². The van der Waals surface area contributed by atoms with Gasteiger partial charge in [0, 0.05) is 12.0 Å². The first kappa shape index (κ1) is 26.2. The van der Waals surface area contributed by atoms with E-state index in [1.807, 2.05) is 0 Å². The van der Waals surface area contributed by atoms with Crippen molar-refractivity contribution in [3.63, 3.8) is 0 Å². The predicted molar refractivity (Wildman–Crippen MR) is 80.8 cm³/mol. The Labute approximate surface area is 157 Å². The van der Waals surface area contributed by atoms with E-state index in [1.54, 1.807) is 6.92 Å². The summed E-state index contributed by atoms with van der Waals surface area (Å²) in [6.45, 7) is 3.24. The highest BCUT2D eigenvalue weighted by molar-refractivity contribution is 7.86.